The number of alkyl halides is 3. The van der Waals surface area contributed by atoms with Crippen molar-refractivity contribution in [3.05, 3.63) is 100.0 Å². The zero-order valence-electron chi connectivity index (χ0n) is 16.9. The maximum absolute atomic E-state index is 13.2. The first kappa shape index (κ1) is 21.4. The Morgan fingerprint density at radius 3 is 2.22 bits per heavy atom. The SMILES string of the molecule is O=C(Cc1ccccc1)N(CCc1ccc(C(F)(F)F)cc1)c1ccc2[nH]c(=O)[nH]c2c1. The number of anilines is 1. The van der Waals surface area contributed by atoms with Crippen molar-refractivity contribution in [2.24, 2.45) is 0 Å². The fourth-order valence-corrected chi connectivity index (χ4v) is 3.55. The number of aromatic nitrogens is 2. The van der Waals surface area contributed by atoms with Crippen LogP contribution in [0.1, 0.15) is 16.7 Å². The van der Waals surface area contributed by atoms with E-state index in [0.29, 0.717) is 28.7 Å². The van der Waals surface area contributed by atoms with Crippen molar-refractivity contribution < 1.29 is 18.0 Å². The fourth-order valence-electron chi connectivity index (χ4n) is 3.55. The molecular formula is C24H20F3N3O2. The van der Waals surface area contributed by atoms with Gasteiger partial charge in [0, 0.05) is 12.2 Å². The van der Waals surface area contributed by atoms with Gasteiger partial charge in [-0.2, -0.15) is 13.2 Å². The molecule has 0 aliphatic heterocycles. The third kappa shape index (κ3) is 4.91. The van der Waals surface area contributed by atoms with E-state index in [-0.39, 0.29) is 24.6 Å². The summed E-state index contributed by atoms with van der Waals surface area (Å²) in [7, 11) is 0. The second-order valence-corrected chi connectivity index (χ2v) is 7.46. The molecule has 0 unspecified atom stereocenters. The second-order valence-electron chi connectivity index (χ2n) is 7.46. The lowest BCUT2D eigenvalue weighted by Crippen LogP contribution is -2.34. The number of fused-ring (bicyclic) bond motifs is 1. The molecule has 8 heteroatoms. The number of nitrogens with zero attached hydrogens (tertiary/aromatic N) is 1. The van der Waals surface area contributed by atoms with Crippen LogP contribution < -0.4 is 10.6 Å². The predicted octanol–water partition coefficient (Wildman–Crippen LogP) is 4.69. The standard InChI is InChI=1S/C24H20F3N3O2/c25-24(26,27)18-8-6-16(7-9-18)12-13-30(22(31)14-17-4-2-1-3-5-17)19-10-11-20-21(15-19)29-23(32)28-20/h1-11,15H,12-14H2,(H2,28,29,32). The van der Waals surface area contributed by atoms with Gasteiger partial charge in [0.2, 0.25) is 5.91 Å². The number of halogens is 3. The summed E-state index contributed by atoms with van der Waals surface area (Å²) < 4.78 is 38.4. The highest BCUT2D eigenvalue weighted by molar-refractivity contribution is 5.96. The Bertz CT molecular complexity index is 1280. The Kier molecular flexibility index (Phi) is 5.85. The van der Waals surface area contributed by atoms with Gasteiger partial charge in [-0.25, -0.2) is 4.79 Å². The van der Waals surface area contributed by atoms with Crippen LogP contribution in [0.4, 0.5) is 18.9 Å². The van der Waals surface area contributed by atoms with Crippen LogP contribution in [-0.2, 0) is 23.8 Å². The molecule has 2 N–H and O–H groups in total. The van der Waals surface area contributed by atoms with Crippen molar-refractivity contribution in [1.29, 1.82) is 0 Å². The molecule has 32 heavy (non-hydrogen) atoms. The lowest BCUT2D eigenvalue weighted by molar-refractivity contribution is -0.137. The molecule has 0 saturated heterocycles. The van der Waals surface area contributed by atoms with Gasteiger partial charge in [-0.1, -0.05) is 42.5 Å². The number of carbonyl (C=O) groups excluding carboxylic acids is 1. The van der Waals surface area contributed by atoms with E-state index in [1.54, 1.807) is 23.1 Å². The molecule has 3 aromatic carbocycles. The number of imidazole rings is 1. The maximum atomic E-state index is 13.2. The van der Waals surface area contributed by atoms with Gasteiger partial charge in [-0.15, -0.1) is 0 Å². The average Bonchev–Trinajstić information content (AvgIpc) is 3.13. The third-order valence-electron chi connectivity index (χ3n) is 5.22. The minimum atomic E-state index is -4.39. The molecule has 1 amide bonds. The molecule has 0 spiro atoms. The van der Waals surface area contributed by atoms with Crippen LogP contribution in [0, 0.1) is 0 Å². The summed E-state index contributed by atoms with van der Waals surface area (Å²) in [6.07, 6.45) is -3.84. The summed E-state index contributed by atoms with van der Waals surface area (Å²) in [5, 5.41) is 0. The van der Waals surface area contributed by atoms with E-state index in [0.717, 1.165) is 17.7 Å². The monoisotopic (exact) mass is 439 g/mol. The summed E-state index contributed by atoms with van der Waals surface area (Å²) in [5.74, 6) is -0.152. The van der Waals surface area contributed by atoms with Gasteiger partial charge in [0.25, 0.3) is 0 Å². The smallest absolute Gasteiger partial charge is 0.312 e. The summed E-state index contributed by atoms with van der Waals surface area (Å²) in [6.45, 7) is 0.275. The molecule has 0 bridgehead atoms. The molecule has 164 valence electrons. The van der Waals surface area contributed by atoms with Gasteiger partial charge < -0.3 is 14.9 Å². The number of carbonyl (C=O) groups is 1. The Morgan fingerprint density at radius 1 is 0.844 bits per heavy atom. The van der Waals surface area contributed by atoms with Gasteiger partial charge in [0.1, 0.15) is 0 Å². The number of benzene rings is 3. The Labute approximate surface area is 181 Å². The second kappa shape index (κ2) is 8.74. The fraction of sp³-hybridized carbons (Fsp3) is 0.167. The van der Waals surface area contributed by atoms with Crippen LogP contribution in [0.3, 0.4) is 0 Å². The molecular weight excluding hydrogens is 419 g/mol. The number of H-pyrrole nitrogens is 2. The number of amides is 1. The molecule has 1 aromatic heterocycles. The van der Waals surface area contributed by atoms with E-state index in [1.165, 1.54) is 12.1 Å². The highest BCUT2D eigenvalue weighted by atomic mass is 19.4. The van der Waals surface area contributed by atoms with E-state index < -0.39 is 11.7 Å². The Morgan fingerprint density at radius 2 is 1.53 bits per heavy atom. The summed E-state index contributed by atoms with van der Waals surface area (Å²) in [6, 6.07) is 19.4. The van der Waals surface area contributed by atoms with E-state index >= 15 is 0 Å². The van der Waals surface area contributed by atoms with Gasteiger partial charge >= 0.3 is 11.9 Å². The van der Waals surface area contributed by atoms with Crippen LogP contribution in [0.5, 0.6) is 0 Å². The first-order chi connectivity index (χ1) is 15.3. The van der Waals surface area contributed by atoms with Crippen molar-refractivity contribution in [3.8, 4) is 0 Å². The summed E-state index contributed by atoms with van der Waals surface area (Å²) in [5.41, 5.74) is 2.28. The molecule has 0 aliphatic rings. The molecule has 0 saturated carbocycles. The lowest BCUT2D eigenvalue weighted by Gasteiger charge is -2.23. The topological polar surface area (TPSA) is 69.0 Å². The summed E-state index contributed by atoms with van der Waals surface area (Å²) >= 11 is 0. The highest BCUT2D eigenvalue weighted by Crippen LogP contribution is 2.29. The van der Waals surface area contributed by atoms with E-state index in [1.807, 2.05) is 30.3 Å². The largest absolute Gasteiger partial charge is 0.416 e. The zero-order chi connectivity index (χ0) is 22.7. The Balaban J connectivity index is 1.59. The van der Waals surface area contributed by atoms with E-state index in [2.05, 4.69) is 9.97 Å². The van der Waals surface area contributed by atoms with E-state index in [4.69, 9.17) is 0 Å². The van der Waals surface area contributed by atoms with Gasteiger partial charge in [-0.3, -0.25) is 4.79 Å². The van der Waals surface area contributed by atoms with Crippen LogP contribution in [0.15, 0.2) is 77.6 Å². The average molecular weight is 439 g/mol. The van der Waals surface area contributed by atoms with Crippen molar-refractivity contribution in [3.63, 3.8) is 0 Å². The molecule has 0 atom stereocenters. The number of aromatic amines is 2. The predicted molar refractivity (Wildman–Crippen MR) is 117 cm³/mol. The molecule has 0 aliphatic carbocycles. The molecule has 4 rings (SSSR count). The third-order valence-corrected chi connectivity index (χ3v) is 5.22. The molecule has 0 fully saturated rings. The number of hydrogen-bond donors (Lipinski definition) is 2. The molecule has 5 nitrogen and oxygen atoms in total. The van der Waals surface area contributed by atoms with Crippen molar-refractivity contribution in [2.75, 3.05) is 11.4 Å². The van der Waals surface area contributed by atoms with Crippen LogP contribution in [0.25, 0.3) is 11.0 Å². The minimum absolute atomic E-state index is 0.152. The lowest BCUT2D eigenvalue weighted by atomic mass is 10.1. The summed E-state index contributed by atoms with van der Waals surface area (Å²) in [4.78, 5) is 31.7. The highest BCUT2D eigenvalue weighted by Gasteiger charge is 2.30. The zero-order valence-corrected chi connectivity index (χ0v) is 16.9. The molecule has 4 aromatic rings. The number of nitrogens with one attached hydrogen (secondary N) is 2. The number of rotatable bonds is 6. The van der Waals surface area contributed by atoms with Crippen LogP contribution >= 0.6 is 0 Å². The van der Waals surface area contributed by atoms with Crippen molar-refractivity contribution in [2.45, 2.75) is 19.0 Å². The first-order valence-corrected chi connectivity index (χ1v) is 10.0. The maximum Gasteiger partial charge on any atom is 0.416 e. The van der Waals surface area contributed by atoms with Gasteiger partial charge in [0.15, 0.2) is 0 Å². The first-order valence-electron chi connectivity index (χ1n) is 10.0. The minimum Gasteiger partial charge on any atom is -0.312 e. The van der Waals surface area contributed by atoms with Gasteiger partial charge in [-0.05, 0) is 47.9 Å². The Hall–Kier alpha value is -3.81. The van der Waals surface area contributed by atoms with E-state index in [9.17, 15) is 22.8 Å². The quantitative estimate of drug-likeness (QED) is 0.458. The number of hydrogen-bond acceptors (Lipinski definition) is 2. The molecule has 0 radical (unpaired) electrons. The van der Waals surface area contributed by atoms with Crippen molar-refractivity contribution in [1.82, 2.24) is 9.97 Å². The van der Waals surface area contributed by atoms with Crippen molar-refractivity contribution >= 4 is 22.6 Å². The molecule has 1 heterocycles. The van der Waals surface area contributed by atoms with Crippen LogP contribution in [0.2, 0.25) is 0 Å². The normalized spacial score (nSPS) is 11.6. The van der Waals surface area contributed by atoms with Gasteiger partial charge in [0.05, 0.1) is 23.0 Å². The van der Waals surface area contributed by atoms with Crippen LogP contribution in [-0.4, -0.2) is 22.4 Å².